The van der Waals surface area contributed by atoms with E-state index in [9.17, 15) is 13.2 Å². The van der Waals surface area contributed by atoms with Gasteiger partial charge in [0.25, 0.3) is 0 Å². The van der Waals surface area contributed by atoms with Crippen LogP contribution in [0.25, 0.3) is 0 Å². The molecule has 1 unspecified atom stereocenters. The van der Waals surface area contributed by atoms with E-state index in [0.717, 1.165) is 32.0 Å². The van der Waals surface area contributed by atoms with Crippen LogP contribution in [0.2, 0.25) is 0 Å². The number of alkyl halides is 3. The number of allylic oxidation sites excluding steroid dienone is 1. The summed E-state index contributed by atoms with van der Waals surface area (Å²) in [7, 11) is 0. The summed E-state index contributed by atoms with van der Waals surface area (Å²) >= 11 is 0. The molecule has 1 aliphatic heterocycles. The van der Waals surface area contributed by atoms with Crippen molar-refractivity contribution in [2.45, 2.75) is 38.4 Å². The van der Waals surface area contributed by atoms with Gasteiger partial charge in [-0.15, -0.1) is 0 Å². The van der Waals surface area contributed by atoms with Crippen molar-refractivity contribution in [1.29, 1.82) is 0 Å². The summed E-state index contributed by atoms with van der Waals surface area (Å²) in [6.45, 7) is 7.28. The van der Waals surface area contributed by atoms with Gasteiger partial charge in [-0.3, -0.25) is 4.90 Å². The molecule has 0 amide bonds. The predicted octanol–water partition coefficient (Wildman–Crippen LogP) is 4.81. The summed E-state index contributed by atoms with van der Waals surface area (Å²) < 4.78 is 38.8. The summed E-state index contributed by atoms with van der Waals surface area (Å²) in [5, 5.41) is 0. The van der Waals surface area contributed by atoms with Crippen LogP contribution in [0.3, 0.4) is 0 Å². The third-order valence-corrected chi connectivity index (χ3v) is 3.71. The third kappa shape index (κ3) is 4.38. The van der Waals surface area contributed by atoms with Crippen LogP contribution in [-0.2, 0) is 6.18 Å². The van der Waals surface area contributed by atoms with E-state index in [1.165, 1.54) is 18.6 Å². The van der Waals surface area contributed by atoms with Gasteiger partial charge in [-0.25, -0.2) is 0 Å². The van der Waals surface area contributed by atoms with E-state index < -0.39 is 11.7 Å². The minimum atomic E-state index is -4.33. The molecule has 1 aliphatic rings. The number of hydrogen-bond acceptors (Lipinski definition) is 1. The minimum absolute atomic E-state index is 0.306. The van der Waals surface area contributed by atoms with Gasteiger partial charge in [0, 0.05) is 0 Å². The smallest absolute Gasteiger partial charge is 0.286 e. The molecule has 0 spiro atoms. The number of halogens is 3. The van der Waals surface area contributed by atoms with Crippen molar-refractivity contribution in [3.8, 4) is 11.8 Å². The zero-order chi connectivity index (χ0) is 16.2. The van der Waals surface area contributed by atoms with E-state index in [0.29, 0.717) is 11.1 Å². The average molecular weight is 307 g/mol. The molecular weight excluding hydrogens is 287 g/mol. The zero-order valence-electron chi connectivity index (χ0n) is 12.7. The van der Waals surface area contributed by atoms with Crippen LogP contribution < -0.4 is 0 Å². The van der Waals surface area contributed by atoms with Crippen molar-refractivity contribution in [3.05, 3.63) is 47.5 Å². The Bertz CT molecular complexity index is 586. The summed E-state index contributed by atoms with van der Waals surface area (Å²) in [6, 6.07) is 5.19. The van der Waals surface area contributed by atoms with Gasteiger partial charge in [-0.05, 0) is 56.1 Å². The van der Waals surface area contributed by atoms with Crippen molar-refractivity contribution < 1.29 is 13.2 Å². The Morgan fingerprint density at radius 2 is 1.91 bits per heavy atom. The monoisotopic (exact) mass is 307 g/mol. The maximum Gasteiger partial charge on any atom is 0.416 e. The Hall–Kier alpha value is -1.73. The second-order valence-electron chi connectivity index (χ2n) is 5.67. The molecule has 0 saturated carbocycles. The van der Waals surface area contributed by atoms with E-state index in [1.54, 1.807) is 13.0 Å². The molecule has 1 aromatic rings. The van der Waals surface area contributed by atoms with Crippen LogP contribution in [-0.4, -0.2) is 18.0 Å². The quantitative estimate of drug-likeness (QED) is 0.709. The molecule has 1 saturated heterocycles. The topological polar surface area (TPSA) is 3.24 Å². The first-order chi connectivity index (χ1) is 10.4. The highest BCUT2D eigenvalue weighted by molar-refractivity contribution is 5.35. The molecule has 118 valence electrons. The number of piperidine rings is 1. The van der Waals surface area contributed by atoms with Gasteiger partial charge in [0.2, 0.25) is 0 Å². The number of likely N-dealkylation sites (tertiary alicyclic amines) is 1. The van der Waals surface area contributed by atoms with E-state index in [4.69, 9.17) is 0 Å². The van der Waals surface area contributed by atoms with E-state index in [1.807, 2.05) is 0 Å². The number of hydrogen-bond donors (Lipinski definition) is 0. The number of benzene rings is 1. The van der Waals surface area contributed by atoms with Crippen LogP contribution in [0.5, 0.6) is 0 Å². The highest BCUT2D eigenvalue weighted by atomic mass is 19.4. The lowest BCUT2D eigenvalue weighted by molar-refractivity contribution is -0.137. The van der Waals surface area contributed by atoms with Crippen LogP contribution in [0, 0.1) is 11.8 Å². The lowest BCUT2D eigenvalue weighted by Gasteiger charge is -2.32. The molecule has 1 nitrogen and oxygen atoms in total. The third-order valence-electron chi connectivity index (χ3n) is 3.71. The van der Waals surface area contributed by atoms with E-state index in [-0.39, 0.29) is 6.04 Å². The van der Waals surface area contributed by atoms with Gasteiger partial charge in [-0.2, -0.15) is 13.2 Å². The zero-order valence-corrected chi connectivity index (χ0v) is 12.7. The summed E-state index contributed by atoms with van der Waals surface area (Å²) in [6.07, 6.45) is -1.04. The first-order valence-corrected chi connectivity index (χ1v) is 7.46. The average Bonchev–Trinajstić information content (AvgIpc) is 2.48. The fourth-order valence-corrected chi connectivity index (χ4v) is 2.64. The molecule has 0 aromatic heterocycles. The Morgan fingerprint density at radius 1 is 1.23 bits per heavy atom. The van der Waals surface area contributed by atoms with Crippen molar-refractivity contribution >= 4 is 0 Å². The van der Waals surface area contributed by atoms with Crippen molar-refractivity contribution in [2.75, 3.05) is 13.1 Å². The Kier molecular flexibility index (Phi) is 5.31. The maximum atomic E-state index is 12.9. The lowest BCUT2D eigenvalue weighted by Crippen LogP contribution is -2.33. The molecule has 0 bridgehead atoms. The second-order valence-corrected chi connectivity index (χ2v) is 5.67. The number of nitrogens with zero attached hydrogens (tertiary/aromatic N) is 1. The first kappa shape index (κ1) is 16.6. The van der Waals surface area contributed by atoms with Gasteiger partial charge in [0.1, 0.15) is 0 Å². The predicted molar refractivity (Wildman–Crippen MR) is 82.2 cm³/mol. The van der Waals surface area contributed by atoms with Gasteiger partial charge in [0.15, 0.2) is 0 Å². The Morgan fingerprint density at radius 3 is 2.50 bits per heavy atom. The molecule has 1 aromatic carbocycles. The lowest BCUT2D eigenvalue weighted by atomic mass is 9.99. The maximum absolute atomic E-state index is 12.9. The summed E-state index contributed by atoms with van der Waals surface area (Å²) in [5.41, 5.74) is 0.698. The van der Waals surface area contributed by atoms with Crippen LogP contribution in [0.4, 0.5) is 13.2 Å². The fraction of sp³-hybridized carbons (Fsp3) is 0.444. The van der Waals surface area contributed by atoms with Gasteiger partial charge < -0.3 is 0 Å². The molecule has 0 aliphatic carbocycles. The SMILES string of the molecule is C=C(C)C#CC(c1cccc(C(F)(F)F)c1)N1CCCCC1. The molecule has 1 heterocycles. The largest absolute Gasteiger partial charge is 0.416 e. The van der Waals surface area contributed by atoms with Crippen LogP contribution in [0.1, 0.15) is 43.4 Å². The Balaban J connectivity index is 2.36. The number of rotatable bonds is 2. The standard InChI is InChI=1S/C18H20F3N/c1-14(2)9-10-17(22-11-4-3-5-12-22)15-7-6-8-16(13-15)18(19,20)21/h6-8,13,17H,1,3-5,11-12H2,2H3. The molecule has 0 radical (unpaired) electrons. The molecule has 22 heavy (non-hydrogen) atoms. The van der Waals surface area contributed by atoms with Crippen LogP contribution in [0.15, 0.2) is 36.4 Å². The fourth-order valence-electron chi connectivity index (χ4n) is 2.64. The van der Waals surface area contributed by atoms with Gasteiger partial charge >= 0.3 is 6.18 Å². The molecule has 1 fully saturated rings. The summed E-state index contributed by atoms with van der Waals surface area (Å²) in [5.74, 6) is 6.03. The van der Waals surface area contributed by atoms with Gasteiger partial charge in [-0.1, -0.05) is 37.0 Å². The Labute approximate surface area is 129 Å². The van der Waals surface area contributed by atoms with Crippen molar-refractivity contribution in [1.82, 2.24) is 4.90 Å². The highest BCUT2D eigenvalue weighted by Crippen LogP contribution is 2.32. The molecule has 2 rings (SSSR count). The molecule has 1 atom stereocenters. The molecule has 0 N–H and O–H groups in total. The van der Waals surface area contributed by atoms with Crippen molar-refractivity contribution in [3.63, 3.8) is 0 Å². The van der Waals surface area contributed by atoms with E-state index in [2.05, 4.69) is 23.3 Å². The molecular formula is C18H20F3N. The van der Waals surface area contributed by atoms with Gasteiger partial charge in [0.05, 0.1) is 11.6 Å². The highest BCUT2D eigenvalue weighted by Gasteiger charge is 2.31. The first-order valence-electron chi connectivity index (χ1n) is 7.46. The molecule has 4 heteroatoms. The minimum Gasteiger partial charge on any atom is -0.286 e. The van der Waals surface area contributed by atoms with Crippen molar-refractivity contribution in [2.24, 2.45) is 0 Å². The van der Waals surface area contributed by atoms with E-state index >= 15 is 0 Å². The summed E-state index contributed by atoms with van der Waals surface area (Å²) in [4.78, 5) is 2.16. The normalized spacial score (nSPS) is 17.5. The second kappa shape index (κ2) is 7.02. The van der Waals surface area contributed by atoms with Crippen LogP contribution >= 0.6 is 0 Å².